The highest BCUT2D eigenvalue weighted by Gasteiger charge is 2.30. The Morgan fingerprint density at radius 2 is 2.19 bits per heavy atom. The maximum atomic E-state index is 12.9. The number of nitrogens with zero attached hydrogens (tertiary/aromatic N) is 3. The second kappa shape index (κ2) is 7.29. The molecule has 7 heteroatoms. The van der Waals surface area contributed by atoms with Crippen LogP contribution in [0, 0.1) is 20.8 Å². The molecule has 4 heterocycles. The van der Waals surface area contributed by atoms with Crippen LogP contribution >= 0.6 is 34.4 Å². The van der Waals surface area contributed by atoms with Crippen LogP contribution in [0.2, 0.25) is 0 Å². The molecule has 1 aliphatic rings. The van der Waals surface area contributed by atoms with Crippen molar-refractivity contribution in [3.8, 4) is 0 Å². The molecule has 1 amide bonds. The monoisotopic (exact) mass is 403 g/mol. The summed E-state index contributed by atoms with van der Waals surface area (Å²) < 4.78 is 0. The van der Waals surface area contributed by atoms with Gasteiger partial charge in [0.1, 0.15) is 15.7 Å². The number of hydrogen-bond donors (Lipinski definition) is 0. The van der Waals surface area contributed by atoms with E-state index in [0.29, 0.717) is 5.75 Å². The molecular weight excluding hydrogens is 382 g/mol. The van der Waals surface area contributed by atoms with Gasteiger partial charge in [0.25, 0.3) is 0 Å². The number of aryl methyl sites for hydroxylation is 3. The van der Waals surface area contributed by atoms with Crippen LogP contribution in [0.5, 0.6) is 0 Å². The van der Waals surface area contributed by atoms with Crippen LogP contribution in [-0.4, -0.2) is 33.1 Å². The number of carbonyl (C=O) groups is 1. The Labute approximate surface area is 165 Å². The lowest BCUT2D eigenvalue weighted by Crippen LogP contribution is -2.31. The highest BCUT2D eigenvalue weighted by atomic mass is 32.2. The van der Waals surface area contributed by atoms with E-state index in [-0.39, 0.29) is 11.9 Å². The Morgan fingerprint density at radius 1 is 1.35 bits per heavy atom. The van der Waals surface area contributed by atoms with Gasteiger partial charge in [0.15, 0.2) is 0 Å². The van der Waals surface area contributed by atoms with Gasteiger partial charge in [0.2, 0.25) is 5.91 Å². The fourth-order valence-corrected chi connectivity index (χ4v) is 6.50. The highest BCUT2D eigenvalue weighted by molar-refractivity contribution is 8.00. The molecule has 136 valence electrons. The molecule has 26 heavy (non-hydrogen) atoms. The largest absolute Gasteiger partial charge is 0.334 e. The van der Waals surface area contributed by atoms with Crippen LogP contribution in [0.4, 0.5) is 0 Å². The van der Waals surface area contributed by atoms with Gasteiger partial charge in [-0.1, -0.05) is 17.8 Å². The summed E-state index contributed by atoms with van der Waals surface area (Å²) in [6, 6.07) is 4.46. The quantitative estimate of drug-likeness (QED) is 0.447. The molecule has 0 bridgehead atoms. The number of fused-ring (bicyclic) bond motifs is 1. The number of thioether (sulfide) groups is 1. The average Bonchev–Trinajstić information content (AvgIpc) is 3.33. The van der Waals surface area contributed by atoms with Gasteiger partial charge in [-0.15, -0.1) is 22.7 Å². The summed E-state index contributed by atoms with van der Waals surface area (Å²) in [7, 11) is 0. The Kier molecular flexibility index (Phi) is 5.03. The summed E-state index contributed by atoms with van der Waals surface area (Å²) in [4.78, 5) is 27.8. The minimum Gasteiger partial charge on any atom is -0.334 e. The maximum Gasteiger partial charge on any atom is 0.233 e. The second-order valence-corrected chi connectivity index (χ2v) is 9.74. The third-order valence-electron chi connectivity index (χ3n) is 4.88. The van der Waals surface area contributed by atoms with Crippen molar-refractivity contribution in [1.82, 2.24) is 14.9 Å². The molecular formula is C19H21N3OS3. The molecule has 3 aromatic rings. The topological polar surface area (TPSA) is 46.1 Å². The van der Waals surface area contributed by atoms with Crippen molar-refractivity contribution in [3.05, 3.63) is 38.7 Å². The van der Waals surface area contributed by atoms with Gasteiger partial charge >= 0.3 is 0 Å². The first-order valence-electron chi connectivity index (χ1n) is 8.74. The lowest BCUT2D eigenvalue weighted by Gasteiger charge is -2.23. The van der Waals surface area contributed by atoms with Crippen LogP contribution in [-0.2, 0) is 4.79 Å². The second-order valence-electron chi connectivity index (χ2n) is 6.59. The van der Waals surface area contributed by atoms with Crippen LogP contribution in [0.15, 0.2) is 22.5 Å². The van der Waals surface area contributed by atoms with Crippen molar-refractivity contribution in [2.75, 3.05) is 12.3 Å². The van der Waals surface area contributed by atoms with Gasteiger partial charge in [0, 0.05) is 21.7 Å². The fourth-order valence-electron chi connectivity index (χ4n) is 3.47. The molecule has 0 radical (unpaired) electrons. The molecule has 1 atom stereocenters. The fraction of sp³-hybridized carbons (Fsp3) is 0.421. The number of likely N-dealkylation sites (tertiary alicyclic amines) is 1. The van der Waals surface area contributed by atoms with E-state index < -0.39 is 0 Å². The molecule has 4 rings (SSSR count). The Hall–Kier alpha value is -1.44. The molecule has 1 aliphatic heterocycles. The zero-order chi connectivity index (χ0) is 18.3. The van der Waals surface area contributed by atoms with E-state index in [0.717, 1.165) is 40.5 Å². The predicted octanol–water partition coefficient (Wildman–Crippen LogP) is 5.13. The Morgan fingerprint density at radius 3 is 2.96 bits per heavy atom. The van der Waals surface area contributed by atoms with Crippen LogP contribution < -0.4 is 0 Å². The predicted molar refractivity (Wildman–Crippen MR) is 110 cm³/mol. The number of hydrogen-bond acceptors (Lipinski definition) is 6. The molecule has 1 unspecified atom stereocenters. The molecule has 0 spiro atoms. The van der Waals surface area contributed by atoms with E-state index in [1.807, 2.05) is 6.92 Å². The molecule has 0 aliphatic carbocycles. The van der Waals surface area contributed by atoms with Gasteiger partial charge in [-0.2, -0.15) is 0 Å². The van der Waals surface area contributed by atoms with Crippen molar-refractivity contribution in [2.45, 2.75) is 44.7 Å². The van der Waals surface area contributed by atoms with Crippen molar-refractivity contribution >= 4 is 50.6 Å². The summed E-state index contributed by atoms with van der Waals surface area (Å²) >= 11 is 5.00. The zero-order valence-corrected chi connectivity index (χ0v) is 17.6. The lowest BCUT2D eigenvalue weighted by molar-refractivity contribution is -0.129. The van der Waals surface area contributed by atoms with E-state index in [4.69, 9.17) is 0 Å². The smallest absolute Gasteiger partial charge is 0.233 e. The summed E-state index contributed by atoms with van der Waals surface area (Å²) in [5, 5.41) is 4.15. The third kappa shape index (κ3) is 3.28. The molecule has 1 fully saturated rings. The maximum absolute atomic E-state index is 12.9. The lowest BCUT2D eigenvalue weighted by atomic mass is 10.2. The van der Waals surface area contributed by atoms with Gasteiger partial charge in [0.05, 0.1) is 11.8 Å². The summed E-state index contributed by atoms with van der Waals surface area (Å²) in [5.41, 5.74) is 1.23. The molecule has 0 saturated carbocycles. The van der Waals surface area contributed by atoms with E-state index in [1.54, 1.807) is 34.4 Å². The molecule has 3 aromatic heterocycles. The molecule has 4 nitrogen and oxygen atoms in total. The first kappa shape index (κ1) is 17.9. The Balaban J connectivity index is 1.54. The van der Waals surface area contributed by atoms with E-state index in [1.165, 1.54) is 15.3 Å². The third-order valence-corrected chi connectivity index (χ3v) is 7.92. The summed E-state index contributed by atoms with van der Waals surface area (Å²) in [6.07, 6.45) is 2.15. The van der Waals surface area contributed by atoms with Crippen LogP contribution in [0.1, 0.15) is 40.0 Å². The summed E-state index contributed by atoms with van der Waals surface area (Å²) in [6.45, 7) is 7.01. The molecule has 0 aromatic carbocycles. The van der Waals surface area contributed by atoms with Gasteiger partial charge in [-0.3, -0.25) is 4.79 Å². The van der Waals surface area contributed by atoms with E-state index in [9.17, 15) is 4.79 Å². The van der Waals surface area contributed by atoms with E-state index >= 15 is 0 Å². The van der Waals surface area contributed by atoms with Crippen molar-refractivity contribution in [2.24, 2.45) is 0 Å². The molecule has 0 N–H and O–H groups in total. The summed E-state index contributed by atoms with van der Waals surface area (Å²) in [5.74, 6) is 1.41. The normalized spacial score (nSPS) is 17.3. The van der Waals surface area contributed by atoms with Crippen molar-refractivity contribution in [1.29, 1.82) is 0 Å². The van der Waals surface area contributed by atoms with Gasteiger partial charge < -0.3 is 4.90 Å². The first-order chi connectivity index (χ1) is 12.5. The van der Waals surface area contributed by atoms with Crippen molar-refractivity contribution < 1.29 is 4.79 Å². The molecule has 1 saturated heterocycles. The number of rotatable bonds is 4. The van der Waals surface area contributed by atoms with Gasteiger partial charge in [-0.05, 0) is 50.6 Å². The van der Waals surface area contributed by atoms with E-state index in [2.05, 4.69) is 46.2 Å². The standard InChI is InChI=1S/C19H21N3OS3/c1-11-12(2)26-19-17(11)18(20-13(3)21-19)25-10-16(23)22-8-4-6-14(22)15-7-5-9-24-15/h5,7,9,14H,4,6,8,10H2,1-3H3. The van der Waals surface area contributed by atoms with Gasteiger partial charge in [-0.25, -0.2) is 9.97 Å². The SMILES string of the molecule is Cc1nc(SCC(=O)N2CCCC2c2cccs2)c2c(C)c(C)sc2n1. The minimum absolute atomic E-state index is 0.208. The highest BCUT2D eigenvalue weighted by Crippen LogP contribution is 2.37. The first-order valence-corrected chi connectivity index (χ1v) is 11.4. The van der Waals surface area contributed by atoms with Crippen LogP contribution in [0.25, 0.3) is 10.2 Å². The zero-order valence-electron chi connectivity index (χ0n) is 15.1. The van der Waals surface area contributed by atoms with Crippen LogP contribution in [0.3, 0.4) is 0 Å². The average molecular weight is 404 g/mol. The van der Waals surface area contributed by atoms with Crippen molar-refractivity contribution in [3.63, 3.8) is 0 Å². The number of aromatic nitrogens is 2. The minimum atomic E-state index is 0.208. The number of thiophene rings is 2. The number of carbonyl (C=O) groups excluding carboxylic acids is 1. The Bertz CT molecular complexity index is 949. The number of amides is 1.